The first-order chi connectivity index (χ1) is 14.8. The van der Waals surface area contributed by atoms with Crippen molar-refractivity contribution in [2.45, 2.75) is 12.6 Å². The lowest BCUT2D eigenvalue weighted by Crippen LogP contribution is -3.14. The minimum atomic E-state index is -0.639. The van der Waals surface area contributed by atoms with Crippen molar-refractivity contribution in [3.63, 3.8) is 0 Å². The van der Waals surface area contributed by atoms with E-state index in [1.54, 1.807) is 7.11 Å². The summed E-state index contributed by atoms with van der Waals surface area (Å²) >= 11 is 0. The summed E-state index contributed by atoms with van der Waals surface area (Å²) in [6.45, 7) is 5.62. The quantitative estimate of drug-likeness (QED) is 0.701. The van der Waals surface area contributed by atoms with Crippen molar-refractivity contribution in [1.29, 1.82) is 0 Å². The van der Waals surface area contributed by atoms with Gasteiger partial charge in [0, 0.05) is 19.2 Å². The van der Waals surface area contributed by atoms with Gasteiger partial charge in [-0.3, -0.25) is 4.79 Å². The van der Waals surface area contributed by atoms with Gasteiger partial charge in [0.25, 0.3) is 5.91 Å². The van der Waals surface area contributed by atoms with E-state index in [0.29, 0.717) is 13.1 Å². The Labute approximate surface area is 177 Å². The first-order valence-corrected chi connectivity index (χ1v) is 10.4. The average molecular weight is 413 g/mol. The summed E-state index contributed by atoms with van der Waals surface area (Å²) in [5.41, 5.74) is 1.80. The Morgan fingerprint density at radius 1 is 1.10 bits per heavy atom. The normalized spacial score (nSPS) is 17.0. The second-order valence-electron chi connectivity index (χ2n) is 7.55. The molecule has 0 aromatic heterocycles. The number of benzene rings is 2. The lowest BCUT2D eigenvalue weighted by molar-refractivity contribution is -0.907. The number of nitrogens with zero attached hydrogens (tertiary/aromatic N) is 1. The molecule has 0 saturated carbocycles. The van der Waals surface area contributed by atoms with Crippen molar-refractivity contribution in [3.8, 4) is 11.5 Å². The number of ether oxygens (including phenoxy) is 4. The van der Waals surface area contributed by atoms with Crippen molar-refractivity contribution >= 4 is 5.91 Å². The molecule has 1 atom stereocenters. The van der Waals surface area contributed by atoms with Gasteiger partial charge in [0.2, 0.25) is 6.79 Å². The number of hydrogen-bond acceptors (Lipinski definition) is 5. The van der Waals surface area contributed by atoms with Crippen LogP contribution in [-0.2, 0) is 20.8 Å². The summed E-state index contributed by atoms with van der Waals surface area (Å²) in [7, 11) is 1.58. The Bertz CT molecular complexity index is 839. The van der Waals surface area contributed by atoms with Crippen LogP contribution in [0.25, 0.3) is 0 Å². The molecule has 1 N–H and O–H groups in total. The Morgan fingerprint density at radius 3 is 2.67 bits per heavy atom. The van der Waals surface area contributed by atoms with Crippen molar-refractivity contribution < 1.29 is 28.6 Å². The van der Waals surface area contributed by atoms with Crippen LogP contribution < -0.4 is 14.4 Å². The molecule has 4 rings (SSSR count). The van der Waals surface area contributed by atoms with Gasteiger partial charge in [0.15, 0.2) is 17.6 Å². The topological polar surface area (TPSA) is 61.7 Å². The molecule has 2 aliphatic rings. The molecule has 0 unspecified atom stereocenters. The van der Waals surface area contributed by atoms with E-state index in [4.69, 9.17) is 18.9 Å². The molecule has 2 aliphatic heterocycles. The molecule has 0 spiro atoms. The number of amides is 1. The number of morpholine rings is 1. The number of carbonyl (C=O) groups is 1. The van der Waals surface area contributed by atoms with Crippen LogP contribution >= 0.6 is 0 Å². The molecule has 7 nitrogen and oxygen atoms in total. The molecule has 30 heavy (non-hydrogen) atoms. The monoisotopic (exact) mass is 413 g/mol. The van der Waals surface area contributed by atoms with Gasteiger partial charge in [0.05, 0.1) is 26.3 Å². The molecule has 1 saturated heterocycles. The summed E-state index contributed by atoms with van der Waals surface area (Å²) in [5, 5.41) is 0. The summed E-state index contributed by atoms with van der Waals surface area (Å²) in [4.78, 5) is 16.9. The number of para-hydroxylation sites is 1. The van der Waals surface area contributed by atoms with Crippen LogP contribution in [0.1, 0.15) is 17.2 Å². The molecule has 2 aromatic carbocycles. The molecule has 1 fully saturated rings. The summed E-state index contributed by atoms with van der Waals surface area (Å²) in [6.07, 6.45) is -0.639. The molecule has 2 aromatic rings. The minimum absolute atomic E-state index is 0.0483. The van der Waals surface area contributed by atoms with Crippen molar-refractivity contribution in [3.05, 3.63) is 59.7 Å². The lowest BCUT2D eigenvalue weighted by atomic mass is 10.1. The molecule has 7 heteroatoms. The van der Waals surface area contributed by atoms with Crippen molar-refractivity contribution in [2.75, 3.05) is 53.3 Å². The van der Waals surface area contributed by atoms with Gasteiger partial charge in [-0.05, 0) is 11.6 Å². The van der Waals surface area contributed by atoms with Gasteiger partial charge in [-0.25, -0.2) is 0 Å². The molecule has 0 radical (unpaired) electrons. The van der Waals surface area contributed by atoms with Gasteiger partial charge in [0.1, 0.15) is 13.1 Å². The summed E-state index contributed by atoms with van der Waals surface area (Å²) in [5.74, 6) is 1.40. The maximum Gasteiger partial charge on any atom is 0.256 e. The van der Waals surface area contributed by atoms with E-state index in [0.717, 1.165) is 55.5 Å². The molecule has 1 amide bonds. The second-order valence-corrected chi connectivity index (χ2v) is 7.55. The fraction of sp³-hybridized carbons (Fsp3) is 0.435. The van der Waals surface area contributed by atoms with E-state index in [-0.39, 0.29) is 12.7 Å². The first-order valence-electron chi connectivity index (χ1n) is 10.4. The molecular formula is C23H29N2O5+. The van der Waals surface area contributed by atoms with Gasteiger partial charge in [-0.2, -0.15) is 0 Å². The third-order valence-corrected chi connectivity index (χ3v) is 5.65. The predicted octanol–water partition coefficient (Wildman–Crippen LogP) is 1.05. The Balaban J connectivity index is 1.54. The van der Waals surface area contributed by atoms with Crippen LogP contribution in [0, 0.1) is 0 Å². The highest BCUT2D eigenvalue weighted by atomic mass is 16.7. The maximum atomic E-state index is 13.5. The SMILES string of the molecule is CO[C@H](C(=O)N(CC[NH+]1CCOCC1)Cc1cccc2c1OCO2)c1ccccc1. The van der Waals surface area contributed by atoms with Crippen LogP contribution in [0.2, 0.25) is 0 Å². The number of fused-ring (bicyclic) bond motifs is 1. The fourth-order valence-electron chi connectivity index (χ4n) is 3.96. The number of carbonyl (C=O) groups excluding carboxylic acids is 1. The van der Waals surface area contributed by atoms with Gasteiger partial charge in [-0.1, -0.05) is 42.5 Å². The van der Waals surface area contributed by atoms with E-state index in [1.165, 1.54) is 4.90 Å². The minimum Gasteiger partial charge on any atom is -0.454 e. The predicted molar refractivity (Wildman–Crippen MR) is 111 cm³/mol. The molecule has 0 bridgehead atoms. The van der Waals surface area contributed by atoms with Crippen molar-refractivity contribution in [1.82, 2.24) is 4.90 Å². The van der Waals surface area contributed by atoms with E-state index in [9.17, 15) is 4.79 Å². The molecule has 0 aliphatic carbocycles. The largest absolute Gasteiger partial charge is 0.454 e. The molecular weight excluding hydrogens is 384 g/mol. The van der Waals surface area contributed by atoms with Crippen LogP contribution in [0.3, 0.4) is 0 Å². The van der Waals surface area contributed by atoms with Crippen molar-refractivity contribution in [2.24, 2.45) is 0 Å². The zero-order valence-corrected chi connectivity index (χ0v) is 17.3. The van der Waals surface area contributed by atoms with E-state index >= 15 is 0 Å². The average Bonchev–Trinajstić information content (AvgIpc) is 3.28. The number of hydrogen-bond donors (Lipinski definition) is 1. The third-order valence-electron chi connectivity index (χ3n) is 5.65. The third kappa shape index (κ3) is 4.75. The fourth-order valence-corrected chi connectivity index (χ4v) is 3.96. The van der Waals surface area contributed by atoms with Crippen LogP contribution in [0.5, 0.6) is 11.5 Å². The lowest BCUT2D eigenvalue weighted by Gasteiger charge is -2.30. The zero-order valence-electron chi connectivity index (χ0n) is 17.3. The highest BCUT2D eigenvalue weighted by molar-refractivity contribution is 5.82. The number of methoxy groups -OCH3 is 1. The number of nitrogens with one attached hydrogen (secondary N) is 1. The van der Waals surface area contributed by atoms with Crippen LogP contribution in [0.4, 0.5) is 0 Å². The Morgan fingerprint density at radius 2 is 1.90 bits per heavy atom. The zero-order chi connectivity index (χ0) is 20.8. The maximum absolute atomic E-state index is 13.5. The standard InChI is InChI=1S/C23H28N2O5/c1-27-22(18-6-3-2-4-7-18)23(26)25(11-10-24-12-14-28-15-13-24)16-19-8-5-9-20-21(19)30-17-29-20/h2-9,22H,10-17H2,1H3/p+1/t22-/m0/s1. The molecule has 2 heterocycles. The van der Waals surface area contributed by atoms with E-state index in [1.807, 2.05) is 53.4 Å². The highest BCUT2D eigenvalue weighted by Gasteiger charge is 2.29. The second kappa shape index (κ2) is 9.93. The van der Waals surface area contributed by atoms with Crippen LogP contribution in [0.15, 0.2) is 48.5 Å². The van der Waals surface area contributed by atoms with Gasteiger partial charge < -0.3 is 28.7 Å². The highest BCUT2D eigenvalue weighted by Crippen LogP contribution is 2.36. The summed E-state index contributed by atoms with van der Waals surface area (Å²) in [6, 6.07) is 15.4. The smallest absolute Gasteiger partial charge is 0.256 e. The molecule has 160 valence electrons. The van der Waals surface area contributed by atoms with E-state index < -0.39 is 6.10 Å². The Kier molecular flexibility index (Phi) is 6.84. The first kappa shape index (κ1) is 20.7. The van der Waals surface area contributed by atoms with E-state index in [2.05, 4.69) is 0 Å². The van der Waals surface area contributed by atoms with Gasteiger partial charge >= 0.3 is 0 Å². The Hall–Kier alpha value is -2.61. The number of quaternary nitrogens is 1. The number of rotatable bonds is 8. The summed E-state index contributed by atoms with van der Waals surface area (Å²) < 4.78 is 22.3. The van der Waals surface area contributed by atoms with Gasteiger partial charge in [-0.15, -0.1) is 0 Å². The van der Waals surface area contributed by atoms with Crippen LogP contribution in [-0.4, -0.2) is 64.1 Å².